The molecular weight excluding hydrogens is 454 g/mol. The van der Waals surface area contributed by atoms with Gasteiger partial charge in [0.05, 0.1) is 5.75 Å². The highest BCUT2D eigenvalue weighted by Gasteiger charge is 2.23. The molecule has 4 nitrogen and oxygen atoms in total. The second-order valence-corrected chi connectivity index (χ2v) is 10.4. The lowest BCUT2D eigenvalue weighted by Gasteiger charge is -2.23. The summed E-state index contributed by atoms with van der Waals surface area (Å²) in [6, 6.07) is 19.7. The van der Waals surface area contributed by atoms with Crippen LogP contribution in [0.1, 0.15) is 23.3 Å². The van der Waals surface area contributed by atoms with Crippen molar-refractivity contribution in [2.75, 3.05) is 16.9 Å². The SMILES string of the molecule is CSc1nc(SCC(=O)N(c2ccccc2)c2ccccc2)c2c3c(sc2n1)CCCC3. The van der Waals surface area contributed by atoms with Crippen LogP contribution < -0.4 is 4.90 Å². The van der Waals surface area contributed by atoms with Crippen LogP contribution in [0.3, 0.4) is 0 Å². The van der Waals surface area contributed by atoms with E-state index >= 15 is 0 Å². The van der Waals surface area contributed by atoms with Gasteiger partial charge in [-0.25, -0.2) is 9.97 Å². The van der Waals surface area contributed by atoms with Crippen LogP contribution in [0, 0.1) is 0 Å². The van der Waals surface area contributed by atoms with Crippen LogP contribution in [-0.4, -0.2) is 27.9 Å². The van der Waals surface area contributed by atoms with E-state index in [4.69, 9.17) is 9.97 Å². The third-order valence-electron chi connectivity index (χ3n) is 5.55. The monoisotopic (exact) mass is 477 g/mol. The van der Waals surface area contributed by atoms with Crippen LogP contribution in [0.4, 0.5) is 11.4 Å². The maximum absolute atomic E-state index is 13.5. The Kier molecular flexibility index (Phi) is 6.48. The van der Waals surface area contributed by atoms with Crippen LogP contribution in [0.5, 0.6) is 0 Å². The molecule has 0 unspecified atom stereocenters. The Bertz CT molecular complexity index is 1200. The minimum absolute atomic E-state index is 0.0361. The van der Waals surface area contributed by atoms with Gasteiger partial charge in [0, 0.05) is 21.6 Å². The zero-order valence-corrected chi connectivity index (χ0v) is 20.2. The van der Waals surface area contributed by atoms with Crippen LogP contribution in [0.15, 0.2) is 70.8 Å². The van der Waals surface area contributed by atoms with Gasteiger partial charge < -0.3 is 0 Å². The van der Waals surface area contributed by atoms with Gasteiger partial charge >= 0.3 is 0 Å². The minimum Gasteiger partial charge on any atom is -0.280 e. The Labute approximate surface area is 200 Å². The van der Waals surface area contributed by atoms with E-state index in [1.807, 2.05) is 66.9 Å². The summed E-state index contributed by atoms with van der Waals surface area (Å²) in [6.45, 7) is 0. The second kappa shape index (κ2) is 9.65. The van der Waals surface area contributed by atoms with Crippen molar-refractivity contribution in [2.45, 2.75) is 35.9 Å². The Balaban J connectivity index is 1.48. The van der Waals surface area contributed by atoms with Gasteiger partial charge in [0.1, 0.15) is 9.86 Å². The highest BCUT2D eigenvalue weighted by atomic mass is 32.2. The molecule has 0 spiro atoms. The van der Waals surface area contributed by atoms with Gasteiger partial charge in [-0.3, -0.25) is 9.69 Å². The quantitative estimate of drug-likeness (QED) is 0.175. The maximum atomic E-state index is 13.5. The van der Waals surface area contributed by atoms with Crippen LogP contribution in [0.25, 0.3) is 10.2 Å². The summed E-state index contributed by atoms with van der Waals surface area (Å²) in [5.74, 6) is 0.350. The van der Waals surface area contributed by atoms with Gasteiger partial charge in [-0.05, 0) is 61.8 Å². The van der Waals surface area contributed by atoms with Crippen molar-refractivity contribution in [1.29, 1.82) is 0 Å². The molecule has 0 bridgehead atoms. The first-order valence-corrected chi connectivity index (χ1v) is 13.7. The van der Waals surface area contributed by atoms with E-state index in [0.717, 1.165) is 39.2 Å². The molecule has 1 amide bonds. The summed E-state index contributed by atoms with van der Waals surface area (Å²) >= 11 is 4.89. The number of nitrogens with zero attached hydrogens (tertiary/aromatic N) is 3. The van der Waals surface area contributed by atoms with Gasteiger partial charge in [0.2, 0.25) is 5.91 Å². The molecule has 7 heteroatoms. The number of thioether (sulfide) groups is 2. The number of para-hydroxylation sites is 2. The largest absolute Gasteiger partial charge is 0.280 e. The fourth-order valence-electron chi connectivity index (χ4n) is 4.09. The maximum Gasteiger partial charge on any atom is 0.241 e. The number of benzene rings is 2. The van der Waals surface area contributed by atoms with Crippen molar-refractivity contribution in [1.82, 2.24) is 9.97 Å². The molecule has 5 rings (SSSR count). The van der Waals surface area contributed by atoms with Gasteiger partial charge in [-0.15, -0.1) is 11.3 Å². The third kappa shape index (κ3) is 4.29. The molecular formula is C25H23N3OS3. The molecule has 2 heterocycles. The van der Waals surface area contributed by atoms with Gasteiger partial charge in [0.25, 0.3) is 0 Å². The van der Waals surface area contributed by atoms with E-state index in [-0.39, 0.29) is 5.91 Å². The van der Waals surface area contributed by atoms with E-state index in [0.29, 0.717) is 5.75 Å². The van der Waals surface area contributed by atoms with Crippen LogP contribution in [-0.2, 0) is 17.6 Å². The number of rotatable bonds is 6. The number of carbonyl (C=O) groups is 1. The third-order valence-corrected chi connectivity index (χ3v) is 8.25. The molecule has 0 aliphatic heterocycles. The lowest BCUT2D eigenvalue weighted by molar-refractivity contribution is -0.115. The molecule has 0 N–H and O–H groups in total. The number of hydrogen-bond donors (Lipinski definition) is 0. The van der Waals surface area contributed by atoms with E-state index in [1.165, 1.54) is 40.4 Å². The zero-order chi connectivity index (χ0) is 21.9. The van der Waals surface area contributed by atoms with Crippen molar-refractivity contribution in [2.24, 2.45) is 0 Å². The van der Waals surface area contributed by atoms with E-state index in [9.17, 15) is 4.79 Å². The van der Waals surface area contributed by atoms with Gasteiger partial charge in [-0.1, -0.05) is 59.9 Å². The average molecular weight is 478 g/mol. The number of hydrogen-bond acceptors (Lipinski definition) is 6. The predicted molar refractivity (Wildman–Crippen MR) is 137 cm³/mol. The molecule has 2 aromatic carbocycles. The fourth-order valence-corrected chi connectivity index (χ4v) is 6.80. The number of anilines is 2. The summed E-state index contributed by atoms with van der Waals surface area (Å²) in [5.41, 5.74) is 3.14. The Morgan fingerprint density at radius 2 is 1.62 bits per heavy atom. The van der Waals surface area contributed by atoms with Gasteiger partial charge in [-0.2, -0.15) is 0 Å². The average Bonchev–Trinajstić information content (AvgIpc) is 3.22. The van der Waals surface area contributed by atoms with Crippen LogP contribution >= 0.6 is 34.9 Å². The lowest BCUT2D eigenvalue weighted by Crippen LogP contribution is -2.27. The highest BCUT2D eigenvalue weighted by Crippen LogP contribution is 2.40. The highest BCUT2D eigenvalue weighted by molar-refractivity contribution is 8.00. The van der Waals surface area contributed by atoms with Crippen molar-refractivity contribution in [3.05, 3.63) is 71.1 Å². The first-order valence-electron chi connectivity index (χ1n) is 10.7. The molecule has 0 saturated heterocycles. The number of aromatic nitrogens is 2. The summed E-state index contributed by atoms with van der Waals surface area (Å²) in [7, 11) is 0. The first-order chi connectivity index (χ1) is 15.7. The van der Waals surface area contributed by atoms with Crippen molar-refractivity contribution in [3.8, 4) is 0 Å². The normalized spacial score (nSPS) is 13.2. The van der Waals surface area contributed by atoms with E-state index in [1.54, 1.807) is 28.0 Å². The summed E-state index contributed by atoms with van der Waals surface area (Å²) in [4.78, 5) is 27.4. The molecule has 0 atom stereocenters. The van der Waals surface area contributed by atoms with Crippen molar-refractivity contribution in [3.63, 3.8) is 0 Å². The minimum atomic E-state index is 0.0361. The lowest BCUT2D eigenvalue weighted by atomic mass is 9.97. The molecule has 32 heavy (non-hydrogen) atoms. The standard InChI is InChI=1S/C25H23N3OS3/c1-30-25-26-23(22-19-14-8-9-15-20(19)32-24(22)27-25)31-16-21(29)28(17-10-4-2-5-11-17)18-12-6-3-7-13-18/h2-7,10-13H,8-9,14-16H2,1H3. The number of amides is 1. The smallest absolute Gasteiger partial charge is 0.241 e. The Hall–Kier alpha value is -2.35. The van der Waals surface area contributed by atoms with E-state index in [2.05, 4.69) is 0 Å². The topological polar surface area (TPSA) is 46.1 Å². The fraction of sp³-hybridized carbons (Fsp3) is 0.240. The first kappa shape index (κ1) is 21.5. The summed E-state index contributed by atoms with van der Waals surface area (Å²) in [6.07, 6.45) is 6.66. The predicted octanol–water partition coefficient (Wildman–Crippen LogP) is 6.75. The van der Waals surface area contributed by atoms with Crippen LogP contribution in [0.2, 0.25) is 0 Å². The molecule has 162 valence electrons. The molecule has 0 saturated carbocycles. The Morgan fingerprint density at radius 3 is 2.28 bits per heavy atom. The molecule has 0 radical (unpaired) electrons. The zero-order valence-electron chi connectivity index (χ0n) is 17.8. The summed E-state index contributed by atoms with van der Waals surface area (Å²) in [5, 5.41) is 2.88. The van der Waals surface area contributed by atoms with Crippen molar-refractivity contribution < 1.29 is 4.79 Å². The second-order valence-electron chi connectivity index (χ2n) is 7.60. The molecule has 0 fully saturated rings. The molecule has 1 aliphatic rings. The number of fused-ring (bicyclic) bond motifs is 3. The van der Waals surface area contributed by atoms with Gasteiger partial charge in [0.15, 0.2) is 5.16 Å². The Morgan fingerprint density at radius 1 is 0.969 bits per heavy atom. The van der Waals surface area contributed by atoms with E-state index < -0.39 is 0 Å². The molecule has 1 aliphatic carbocycles. The summed E-state index contributed by atoms with van der Waals surface area (Å²) < 4.78 is 0. The number of aryl methyl sites for hydroxylation is 2. The molecule has 4 aromatic rings. The molecule has 2 aromatic heterocycles. The number of carbonyl (C=O) groups excluding carboxylic acids is 1. The number of thiophene rings is 1. The van der Waals surface area contributed by atoms with Crippen molar-refractivity contribution >= 4 is 62.4 Å².